The zero-order valence-electron chi connectivity index (χ0n) is 10.8. The summed E-state index contributed by atoms with van der Waals surface area (Å²) in [4.78, 5) is 15.7. The quantitative estimate of drug-likeness (QED) is 0.776. The zero-order chi connectivity index (χ0) is 13.8. The highest BCUT2D eigenvalue weighted by Crippen LogP contribution is 2.16. The molecule has 0 fully saturated rings. The number of nitriles is 1. The molecule has 2 aromatic heterocycles. The van der Waals surface area contributed by atoms with E-state index in [0.29, 0.717) is 17.5 Å². The number of pyridine rings is 1. The summed E-state index contributed by atoms with van der Waals surface area (Å²) in [5, 5.41) is 13.8. The van der Waals surface area contributed by atoms with Gasteiger partial charge in [0.1, 0.15) is 12.6 Å². The molecule has 6 nitrogen and oxygen atoms in total. The summed E-state index contributed by atoms with van der Waals surface area (Å²) in [6, 6.07) is 3.71. The summed E-state index contributed by atoms with van der Waals surface area (Å²) in [6.07, 6.45) is 3.17. The van der Waals surface area contributed by atoms with E-state index >= 15 is 0 Å². The fourth-order valence-corrected chi connectivity index (χ4v) is 1.65. The van der Waals surface area contributed by atoms with Gasteiger partial charge in [-0.15, -0.1) is 0 Å². The molecule has 0 aromatic carbocycles. The first-order valence-electron chi connectivity index (χ1n) is 5.98. The Labute approximate surface area is 110 Å². The molecule has 0 aliphatic heterocycles. The number of rotatable bonds is 4. The number of aromatic nitrogens is 3. The van der Waals surface area contributed by atoms with Crippen LogP contribution in [0.5, 0.6) is 0 Å². The van der Waals surface area contributed by atoms with Crippen molar-refractivity contribution < 1.29 is 9.53 Å². The van der Waals surface area contributed by atoms with Crippen LogP contribution in [0.15, 0.2) is 18.5 Å². The van der Waals surface area contributed by atoms with Crippen LogP contribution in [-0.2, 0) is 16.1 Å². The van der Waals surface area contributed by atoms with E-state index in [9.17, 15) is 4.79 Å². The number of carbonyl (C=O) groups excluding carboxylic acids is 1. The Balaban J connectivity index is 2.22. The molecule has 0 saturated heterocycles. The highest BCUT2D eigenvalue weighted by Gasteiger charge is 2.13. The van der Waals surface area contributed by atoms with Crippen molar-refractivity contribution in [1.82, 2.24) is 14.8 Å². The number of ether oxygens (including phenoxy) is 1. The molecule has 0 N–H and O–H groups in total. The second kappa shape index (κ2) is 5.48. The Bertz CT molecular complexity index is 640. The number of nitrogens with zero attached hydrogens (tertiary/aromatic N) is 4. The van der Waals surface area contributed by atoms with Crippen molar-refractivity contribution >= 4 is 16.9 Å². The lowest BCUT2D eigenvalue weighted by atomic mass is 10.2. The SMILES string of the molecule is CC(C)COC(=O)Cn1nc(C#N)c2ccncc21. The van der Waals surface area contributed by atoms with Crippen LogP contribution < -0.4 is 0 Å². The van der Waals surface area contributed by atoms with Crippen molar-refractivity contribution in [1.29, 1.82) is 5.26 Å². The van der Waals surface area contributed by atoms with E-state index in [1.165, 1.54) is 4.68 Å². The first-order valence-corrected chi connectivity index (χ1v) is 5.98. The van der Waals surface area contributed by atoms with Crippen LogP contribution in [0.1, 0.15) is 19.5 Å². The Kier molecular flexibility index (Phi) is 3.76. The van der Waals surface area contributed by atoms with Crippen molar-refractivity contribution in [3.63, 3.8) is 0 Å². The second-order valence-electron chi connectivity index (χ2n) is 4.59. The minimum atomic E-state index is -0.369. The molecule has 0 aliphatic rings. The smallest absolute Gasteiger partial charge is 0.327 e. The maximum absolute atomic E-state index is 11.7. The van der Waals surface area contributed by atoms with E-state index in [1.807, 2.05) is 19.9 Å². The highest BCUT2D eigenvalue weighted by atomic mass is 16.5. The number of esters is 1. The topological polar surface area (TPSA) is 80.8 Å². The Morgan fingerprint density at radius 3 is 3.05 bits per heavy atom. The summed E-state index contributed by atoms with van der Waals surface area (Å²) < 4.78 is 6.54. The second-order valence-corrected chi connectivity index (χ2v) is 4.59. The van der Waals surface area contributed by atoms with Crippen LogP contribution in [-0.4, -0.2) is 27.3 Å². The van der Waals surface area contributed by atoms with Gasteiger partial charge in [0.25, 0.3) is 0 Å². The Morgan fingerprint density at radius 1 is 1.58 bits per heavy atom. The van der Waals surface area contributed by atoms with Crippen molar-refractivity contribution in [3.05, 3.63) is 24.2 Å². The van der Waals surface area contributed by atoms with Gasteiger partial charge in [-0.05, 0) is 12.0 Å². The summed E-state index contributed by atoms with van der Waals surface area (Å²) in [5.74, 6) is -0.0823. The van der Waals surface area contributed by atoms with Crippen LogP contribution >= 0.6 is 0 Å². The molecule has 2 rings (SSSR count). The van der Waals surface area contributed by atoms with Crippen LogP contribution in [0.3, 0.4) is 0 Å². The predicted molar refractivity (Wildman–Crippen MR) is 68.0 cm³/mol. The largest absolute Gasteiger partial charge is 0.464 e. The molecule has 0 unspecified atom stereocenters. The molecule has 98 valence electrons. The fourth-order valence-electron chi connectivity index (χ4n) is 1.65. The van der Waals surface area contributed by atoms with Gasteiger partial charge in [-0.2, -0.15) is 10.4 Å². The molecule has 0 radical (unpaired) electrons. The lowest BCUT2D eigenvalue weighted by Crippen LogP contribution is -2.17. The molecule has 19 heavy (non-hydrogen) atoms. The summed E-state index contributed by atoms with van der Waals surface area (Å²) >= 11 is 0. The molecule has 0 aliphatic carbocycles. The van der Waals surface area contributed by atoms with Crippen LogP contribution in [0.4, 0.5) is 0 Å². The van der Waals surface area contributed by atoms with E-state index in [-0.39, 0.29) is 24.1 Å². The van der Waals surface area contributed by atoms with Gasteiger partial charge in [0, 0.05) is 11.6 Å². The molecule has 2 heterocycles. The molecule has 0 amide bonds. The lowest BCUT2D eigenvalue weighted by molar-refractivity contribution is -0.145. The van der Waals surface area contributed by atoms with E-state index < -0.39 is 0 Å². The minimum Gasteiger partial charge on any atom is -0.464 e. The van der Waals surface area contributed by atoms with E-state index in [0.717, 1.165) is 0 Å². The van der Waals surface area contributed by atoms with Gasteiger partial charge < -0.3 is 4.74 Å². The third-order valence-electron chi connectivity index (χ3n) is 2.52. The lowest BCUT2D eigenvalue weighted by Gasteiger charge is -2.07. The van der Waals surface area contributed by atoms with E-state index in [4.69, 9.17) is 10.00 Å². The maximum atomic E-state index is 11.7. The van der Waals surface area contributed by atoms with Crippen LogP contribution in [0.2, 0.25) is 0 Å². The van der Waals surface area contributed by atoms with Crippen molar-refractivity contribution in [2.24, 2.45) is 5.92 Å². The third-order valence-corrected chi connectivity index (χ3v) is 2.52. The summed E-state index contributed by atoms with van der Waals surface area (Å²) in [7, 11) is 0. The molecule has 0 spiro atoms. The Morgan fingerprint density at radius 2 is 2.37 bits per heavy atom. The average molecular weight is 258 g/mol. The molecular weight excluding hydrogens is 244 g/mol. The van der Waals surface area contributed by atoms with Gasteiger partial charge in [0.2, 0.25) is 0 Å². The number of hydrogen-bond acceptors (Lipinski definition) is 5. The molecule has 6 heteroatoms. The van der Waals surface area contributed by atoms with Gasteiger partial charge in [-0.1, -0.05) is 13.8 Å². The van der Waals surface area contributed by atoms with Gasteiger partial charge in [-0.25, -0.2) is 0 Å². The van der Waals surface area contributed by atoms with Crippen LogP contribution in [0.25, 0.3) is 10.9 Å². The maximum Gasteiger partial charge on any atom is 0.327 e. The highest BCUT2D eigenvalue weighted by molar-refractivity contribution is 5.84. The van der Waals surface area contributed by atoms with Gasteiger partial charge in [0.05, 0.1) is 18.3 Å². The predicted octanol–water partition coefficient (Wildman–Crippen LogP) is 1.50. The van der Waals surface area contributed by atoms with Crippen molar-refractivity contribution in [3.8, 4) is 6.07 Å². The number of hydrogen-bond donors (Lipinski definition) is 0. The zero-order valence-corrected chi connectivity index (χ0v) is 10.8. The molecule has 0 bridgehead atoms. The monoisotopic (exact) mass is 258 g/mol. The first kappa shape index (κ1) is 13.0. The van der Waals surface area contributed by atoms with Crippen LogP contribution in [0, 0.1) is 17.2 Å². The summed E-state index contributed by atoms with van der Waals surface area (Å²) in [5.41, 5.74) is 0.939. The molecular formula is C13H14N4O2. The molecule has 2 aromatic rings. The molecule has 0 atom stereocenters. The van der Waals surface area contributed by atoms with E-state index in [2.05, 4.69) is 10.1 Å². The third kappa shape index (κ3) is 2.88. The van der Waals surface area contributed by atoms with Crippen molar-refractivity contribution in [2.75, 3.05) is 6.61 Å². The van der Waals surface area contributed by atoms with Crippen molar-refractivity contribution in [2.45, 2.75) is 20.4 Å². The average Bonchev–Trinajstić information content (AvgIpc) is 2.75. The minimum absolute atomic E-state index is 0.0173. The number of carbonyl (C=O) groups is 1. The fraction of sp³-hybridized carbons (Fsp3) is 0.385. The van der Waals surface area contributed by atoms with E-state index in [1.54, 1.807) is 18.5 Å². The summed E-state index contributed by atoms with van der Waals surface area (Å²) in [6.45, 7) is 4.29. The van der Waals surface area contributed by atoms with Gasteiger partial charge >= 0.3 is 5.97 Å². The standard InChI is InChI=1S/C13H14N4O2/c1-9(2)8-19-13(18)7-17-12-6-15-4-3-10(12)11(5-14)16-17/h3-4,6,9H,7-8H2,1-2H3. The van der Waals surface area contributed by atoms with Gasteiger partial charge in [-0.3, -0.25) is 14.5 Å². The molecule has 0 saturated carbocycles. The van der Waals surface area contributed by atoms with Gasteiger partial charge in [0.15, 0.2) is 5.69 Å². The number of fused-ring (bicyclic) bond motifs is 1. The first-order chi connectivity index (χ1) is 9.11. The Hall–Kier alpha value is -2.42. The normalized spacial score (nSPS) is 10.6.